The van der Waals surface area contributed by atoms with Crippen molar-refractivity contribution in [3.05, 3.63) is 101 Å². The lowest BCUT2D eigenvalue weighted by atomic mass is 9.99. The third-order valence-corrected chi connectivity index (χ3v) is 7.33. The van der Waals surface area contributed by atoms with E-state index in [-0.39, 0.29) is 23.5 Å². The van der Waals surface area contributed by atoms with Crippen molar-refractivity contribution >= 4 is 46.6 Å². The highest BCUT2D eigenvalue weighted by atomic mass is 16.1. The van der Waals surface area contributed by atoms with Gasteiger partial charge in [0.15, 0.2) is 18.2 Å². The summed E-state index contributed by atoms with van der Waals surface area (Å²) in [6.45, 7) is 2.92. The lowest BCUT2D eigenvalue weighted by Gasteiger charge is -2.26. The minimum Gasteiger partial charge on any atom is -0.388 e. The zero-order valence-electron chi connectivity index (χ0n) is 24.1. The van der Waals surface area contributed by atoms with Crippen molar-refractivity contribution in [3.63, 3.8) is 0 Å². The molecular weight excluding hydrogens is 542 g/mol. The van der Waals surface area contributed by atoms with Gasteiger partial charge in [0.25, 0.3) is 5.91 Å². The first-order chi connectivity index (χ1) is 20.8. The van der Waals surface area contributed by atoms with E-state index >= 15 is 0 Å². The van der Waals surface area contributed by atoms with Gasteiger partial charge >= 0.3 is 0 Å². The Morgan fingerprint density at radius 1 is 0.814 bits per heavy atom. The molecule has 43 heavy (non-hydrogen) atoms. The number of carbonyl (C=O) groups excluding carboxylic acids is 2. The van der Waals surface area contributed by atoms with Crippen LogP contribution in [0.2, 0.25) is 0 Å². The van der Waals surface area contributed by atoms with E-state index in [9.17, 15) is 9.59 Å². The summed E-state index contributed by atoms with van der Waals surface area (Å²) in [5.41, 5.74) is 18.3. The lowest BCUT2D eigenvalue weighted by molar-refractivity contribution is 0.102. The van der Waals surface area contributed by atoms with Gasteiger partial charge in [-0.3, -0.25) is 25.4 Å². The van der Waals surface area contributed by atoms with E-state index in [1.165, 1.54) is 29.0 Å². The fraction of sp³-hybridized carbons (Fsp3) is 0.219. The molecule has 8 N–H and O–H groups in total. The fourth-order valence-electron chi connectivity index (χ4n) is 4.73. The number of benzene rings is 2. The van der Waals surface area contributed by atoms with Crippen LogP contribution in [0.4, 0.5) is 11.4 Å². The number of aldehydes is 1. The smallest absolute Gasteiger partial charge is 0.257 e. The zero-order valence-corrected chi connectivity index (χ0v) is 24.1. The van der Waals surface area contributed by atoms with Gasteiger partial charge in [-0.1, -0.05) is 36.4 Å². The standard InChI is InChI=1S/C19H19N5O2.C13H18N4/c20-19(21)24-9-7-14(8-10-24)13-1-4-16(5-2-13)23-18(26)15-3-6-17(12-25)22-11-15;1-16-12-4-2-10(3-5-12)11-6-8-17(9-7-11)13(14)15/h1-7,11-12H,8-10H2,(H3,20,21)(H,23,26);2-6,16H,7-9H2,1H3,(H3,14,15). The molecule has 2 aromatic carbocycles. The van der Waals surface area contributed by atoms with Gasteiger partial charge in [0.05, 0.1) is 5.56 Å². The Morgan fingerprint density at radius 3 is 1.70 bits per heavy atom. The Hall–Kier alpha value is -5.45. The van der Waals surface area contributed by atoms with Crippen LogP contribution in [0, 0.1) is 10.8 Å². The maximum atomic E-state index is 12.2. The van der Waals surface area contributed by atoms with Crippen LogP contribution < -0.4 is 22.1 Å². The van der Waals surface area contributed by atoms with Crippen LogP contribution in [0.5, 0.6) is 0 Å². The Bertz CT molecular complexity index is 1510. The molecule has 0 atom stereocenters. The predicted molar refractivity (Wildman–Crippen MR) is 172 cm³/mol. The molecular formula is C32H37N9O2. The lowest BCUT2D eigenvalue weighted by Crippen LogP contribution is -2.39. The number of nitrogens with two attached hydrogens (primary N) is 2. The Kier molecular flexibility index (Phi) is 10.2. The zero-order chi connectivity index (χ0) is 30.8. The summed E-state index contributed by atoms with van der Waals surface area (Å²) >= 11 is 0. The highest BCUT2D eigenvalue weighted by molar-refractivity contribution is 6.04. The van der Waals surface area contributed by atoms with Crippen LogP contribution in [0.3, 0.4) is 0 Å². The first-order valence-electron chi connectivity index (χ1n) is 13.9. The number of pyridine rings is 1. The van der Waals surface area contributed by atoms with Crippen LogP contribution in [-0.4, -0.2) is 72.1 Å². The summed E-state index contributed by atoms with van der Waals surface area (Å²) in [4.78, 5) is 30.4. The first-order valence-corrected chi connectivity index (χ1v) is 13.9. The van der Waals surface area contributed by atoms with Gasteiger partial charge in [0.2, 0.25) is 0 Å². The third-order valence-electron chi connectivity index (χ3n) is 7.33. The van der Waals surface area contributed by atoms with E-state index in [1.807, 2.05) is 41.1 Å². The number of amides is 1. The number of rotatable bonds is 6. The van der Waals surface area contributed by atoms with Gasteiger partial charge in [0, 0.05) is 50.8 Å². The SMILES string of the molecule is CNc1ccc(C2=CCN(C(=N)N)CC2)cc1.N=C(N)N1CC=C(c2ccc(NC(=O)c3ccc(C=O)nc3)cc2)CC1. The van der Waals surface area contributed by atoms with Gasteiger partial charge in [-0.2, -0.15) is 0 Å². The van der Waals surface area contributed by atoms with Crippen molar-refractivity contribution in [2.75, 3.05) is 43.9 Å². The van der Waals surface area contributed by atoms with Gasteiger partial charge < -0.3 is 31.9 Å². The van der Waals surface area contributed by atoms with Gasteiger partial charge in [-0.05, 0) is 71.5 Å². The van der Waals surface area contributed by atoms with Crippen molar-refractivity contribution in [1.29, 1.82) is 10.8 Å². The molecule has 3 heterocycles. The second-order valence-corrected chi connectivity index (χ2v) is 10.1. The maximum Gasteiger partial charge on any atom is 0.257 e. The summed E-state index contributed by atoms with van der Waals surface area (Å²) in [7, 11) is 1.92. The van der Waals surface area contributed by atoms with Gasteiger partial charge in [-0.25, -0.2) is 0 Å². The van der Waals surface area contributed by atoms with E-state index in [0.29, 0.717) is 24.1 Å². The molecule has 0 bridgehead atoms. The molecule has 5 rings (SSSR count). The number of anilines is 2. The van der Waals surface area contributed by atoms with Crippen LogP contribution in [0.15, 0.2) is 79.0 Å². The summed E-state index contributed by atoms with van der Waals surface area (Å²) < 4.78 is 0. The predicted octanol–water partition coefficient (Wildman–Crippen LogP) is 3.84. The molecule has 0 radical (unpaired) electrons. The number of hydrogen-bond donors (Lipinski definition) is 6. The second kappa shape index (κ2) is 14.4. The van der Waals surface area contributed by atoms with E-state index in [1.54, 1.807) is 6.07 Å². The van der Waals surface area contributed by atoms with Crippen molar-refractivity contribution in [1.82, 2.24) is 14.8 Å². The molecule has 3 aromatic rings. The molecule has 2 aliphatic rings. The number of aromatic nitrogens is 1. The normalized spacial score (nSPS) is 14.3. The number of guanidine groups is 2. The molecule has 2 aliphatic heterocycles. The van der Waals surface area contributed by atoms with E-state index in [4.69, 9.17) is 22.3 Å². The summed E-state index contributed by atoms with van der Waals surface area (Å²) in [6, 6.07) is 19.1. The van der Waals surface area contributed by atoms with Crippen LogP contribution in [0.25, 0.3) is 11.1 Å². The van der Waals surface area contributed by atoms with Crippen molar-refractivity contribution < 1.29 is 9.59 Å². The number of nitrogens with one attached hydrogen (secondary N) is 4. The second-order valence-electron chi connectivity index (χ2n) is 10.1. The highest BCUT2D eigenvalue weighted by Gasteiger charge is 2.15. The molecule has 0 saturated carbocycles. The average Bonchev–Trinajstić information content (AvgIpc) is 3.05. The molecule has 0 unspecified atom stereocenters. The minimum atomic E-state index is -0.281. The molecule has 0 spiro atoms. The van der Waals surface area contributed by atoms with E-state index < -0.39 is 0 Å². The molecule has 11 heteroatoms. The quantitative estimate of drug-likeness (QED) is 0.145. The van der Waals surface area contributed by atoms with Crippen LogP contribution in [0.1, 0.15) is 44.8 Å². The van der Waals surface area contributed by atoms with E-state index in [0.717, 1.165) is 43.7 Å². The van der Waals surface area contributed by atoms with Crippen molar-refractivity contribution in [2.45, 2.75) is 12.8 Å². The number of nitrogens with zero attached hydrogens (tertiary/aromatic N) is 3. The van der Waals surface area contributed by atoms with E-state index in [2.05, 4.69) is 52.0 Å². The third kappa shape index (κ3) is 8.29. The first kappa shape index (κ1) is 30.5. The largest absolute Gasteiger partial charge is 0.388 e. The Labute approximate surface area is 251 Å². The van der Waals surface area contributed by atoms with Crippen molar-refractivity contribution in [2.24, 2.45) is 11.5 Å². The molecule has 1 aromatic heterocycles. The molecule has 0 aliphatic carbocycles. The van der Waals surface area contributed by atoms with Gasteiger partial charge in [0.1, 0.15) is 5.69 Å². The topological polar surface area (TPSA) is 177 Å². The Balaban J connectivity index is 0.000000215. The van der Waals surface area contributed by atoms with Crippen LogP contribution >= 0.6 is 0 Å². The molecule has 11 nitrogen and oxygen atoms in total. The number of hydrogen-bond acceptors (Lipinski definition) is 6. The fourth-order valence-corrected chi connectivity index (χ4v) is 4.73. The average molecular weight is 580 g/mol. The monoisotopic (exact) mass is 579 g/mol. The summed E-state index contributed by atoms with van der Waals surface area (Å²) in [5, 5.41) is 20.8. The maximum absolute atomic E-state index is 12.2. The molecule has 0 saturated heterocycles. The summed E-state index contributed by atoms with van der Waals surface area (Å²) in [6.07, 6.45) is 7.99. The number of carbonyl (C=O) groups is 2. The van der Waals surface area contributed by atoms with Crippen molar-refractivity contribution in [3.8, 4) is 0 Å². The Morgan fingerprint density at radius 2 is 1.33 bits per heavy atom. The minimum absolute atomic E-state index is 0.0917. The molecule has 1 amide bonds. The summed E-state index contributed by atoms with van der Waals surface area (Å²) in [5.74, 6) is -0.0310. The molecule has 0 fully saturated rings. The van der Waals surface area contributed by atoms with Crippen LogP contribution in [-0.2, 0) is 0 Å². The highest BCUT2D eigenvalue weighted by Crippen LogP contribution is 2.25. The molecule has 222 valence electrons. The van der Waals surface area contributed by atoms with Gasteiger partial charge in [-0.15, -0.1) is 0 Å².